The Balaban J connectivity index is 1.68. The summed E-state index contributed by atoms with van der Waals surface area (Å²) in [5, 5.41) is 6.30. The molecule has 4 heteroatoms. The Morgan fingerprint density at radius 2 is 1.74 bits per heavy atom. The standard InChI is InChI=1S/C23H28Cl2N2/c1-2-3-4-5-8-13-26-15-19-17-27(23-10-7-6-9-21(19)23)16-18-11-12-20(24)14-22(18)25/h6-7,9-12,14,17,26H,2-5,8,13,15-16H2,1H3. The third-order valence-corrected chi connectivity index (χ3v) is 5.59. The molecule has 3 rings (SSSR count). The quantitative estimate of drug-likeness (QED) is 0.359. The van der Waals surface area contributed by atoms with E-state index in [1.54, 1.807) is 0 Å². The van der Waals surface area contributed by atoms with Crippen molar-refractivity contribution in [1.29, 1.82) is 0 Å². The molecular formula is C23H28Cl2N2. The molecule has 0 saturated heterocycles. The molecule has 0 aliphatic rings. The van der Waals surface area contributed by atoms with Gasteiger partial charge in [0.1, 0.15) is 0 Å². The first kappa shape index (κ1) is 20.3. The summed E-state index contributed by atoms with van der Waals surface area (Å²) in [4.78, 5) is 0. The van der Waals surface area contributed by atoms with E-state index < -0.39 is 0 Å². The summed E-state index contributed by atoms with van der Waals surface area (Å²) in [6.45, 7) is 4.97. The molecule has 0 bridgehead atoms. The van der Waals surface area contributed by atoms with Crippen molar-refractivity contribution in [3.63, 3.8) is 0 Å². The Morgan fingerprint density at radius 1 is 0.926 bits per heavy atom. The van der Waals surface area contributed by atoms with E-state index in [9.17, 15) is 0 Å². The van der Waals surface area contributed by atoms with Gasteiger partial charge in [0.15, 0.2) is 0 Å². The maximum Gasteiger partial charge on any atom is 0.0491 e. The number of hydrogen-bond acceptors (Lipinski definition) is 1. The Kier molecular flexibility index (Phi) is 7.63. The lowest BCUT2D eigenvalue weighted by atomic mass is 10.1. The molecule has 0 unspecified atom stereocenters. The fraction of sp³-hybridized carbons (Fsp3) is 0.391. The normalized spacial score (nSPS) is 11.4. The summed E-state index contributed by atoms with van der Waals surface area (Å²) in [5.41, 5.74) is 3.66. The van der Waals surface area contributed by atoms with Crippen molar-refractivity contribution in [1.82, 2.24) is 9.88 Å². The predicted molar refractivity (Wildman–Crippen MR) is 118 cm³/mol. The fourth-order valence-electron chi connectivity index (χ4n) is 3.50. The third-order valence-electron chi connectivity index (χ3n) is 5.00. The van der Waals surface area contributed by atoms with Gasteiger partial charge in [-0.15, -0.1) is 0 Å². The minimum atomic E-state index is 0.671. The van der Waals surface area contributed by atoms with Crippen molar-refractivity contribution in [2.24, 2.45) is 0 Å². The Bertz CT molecular complexity index is 870. The van der Waals surface area contributed by atoms with Crippen LogP contribution in [0.15, 0.2) is 48.7 Å². The van der Waals surface area contributed by atoms with Gasteiger partial charge in [-0.1, -0.05) is 80.1 Å². The first-order valence-electron chi connectivity index (χ1n) is 9.90. The molecule has 0 aliphatic heterocycles. The number of nitrogens with one attached hydrogen (secondary N) is 1. The van der Waals surface area contributed by atoms with E-state index in [0.29, 0.717) is 10.0 Å². The zero-order chi connectivity index (χ0) is 19.1. The second kappa shape index (κ2) is 10.2. The number of para-hydroxylation sites is 1. The lowest BCUT2D eigenvalue weighted by Gasteiger charge is -2.08. The van der Waals surface area contributed by atoms with Crippen LogP contribution in [0.3, 0.4) is 0 Å². The highest BCUT2D eigenvalue weighted by Gasteiger charge is 2.10. The molecular weight excluding hydrogens is 375 g/mol. The van der Waals surface area contributed by atoms with Crippen molar-refractivity contribution in [2.45, 2.75) is 52.1 Å². The minimum absolute atomic E-state index is 0.671. The molecule has 0 fully saturated rings. The van der Waals surface area contributed by atoms with Crippen LogP contribution >= 0.6 is 23.2 Å². The summed E-state index contributed by atoms with van der Waals surface area (Å²) in [5.74, 6) is 0. The number of unbranched alkanes of at least 4 members (excludes halogenated alkanes) is 4. The number of hydrogen-bond donors (Lipinski definition) is 1. The van der Waals surface area contributed by atoms with Crippen LogP contribution in [0.2, 0.25) is 10.0 Å². The van der Waals surface area contributed by atoms with Gasteiger partial charge in [-0.2, -0.15) is 0 Å². The highest BCUT2D eigenvalue weighted by Crippen LogP contribution is 2.26. The smallest absolute Gasteiger partial charge is 0.0491 e. The summed E-state index contributed by atoms with van der Waals surface area (Å²) < 4.78 is 2.28. The molecule has 27 heavy (non-hydrogen) atoms. The fourth-order valence-corrected chi connectivity index (χ4v) is 3.97. The van der Waals surface area contributed by atoms with Gasteiger partial charge in [0.2, 0.25) is 0 Å². The van der Waals surface area contributed by atoms with Gasteiger partial charge >= 0.3 is 0 Å². The number of rotatable bonds is 10. The average Bonchev–Trinajstić information content (AvgIpc) is 3.01. The van der Waals surface area contributed by atoms with E-state index in [4.69, 9.17) is 23.2 Å². The molecule has 1 N–H and O–H groups in total. The first-order valence-corrected chi connectivity index (χ1v) is 10.7. The zero-order valence-electron chi connectivity index (χ0n) is 16.0. The summed E-state index contributed by atoms with van der Waals surface area (Å²) in [6.07, 6.45) is 8.81. The summed E-state index contributed by atoms with van der Waals surface area (Å²) in [6, 6.07) is 14.3. The van der Waals surface area contributed by atoms with Gasteiger partial charge in [-0.05, 0) is 42.3 Å². The van der Waals surface area contributed by atoms with Crippen molar-refractivity contribution < 1.29 is 0 Å². The average molecular weight is 403 g/mol. The van der Waals surface area contributed by atoms with Crippen LogP contribution < -0.4 is 5.32 Å². The van der Waals surface area contributed by atoms with E-state index in [0.717, 1.165) is 25.2 Å². The molecule has 1 heterocycles. The Morgan fingerprint density at radius 3 is 2.56 bits per heavy atom. The minimum Gasteiger partial charge on any atom is -0.343 e. The van der Waals surface area contributed by atoms with Crippen LogP contribution in [0.4, 0.5) is 0 Å². The van der Waals surface area contributed by atoms with Gasteiger partial charge in [0.05, 0.1) is 0 Å². The number of aromatic nitrogens is 1. The lowest BCUT2D eigenvalue weighted by Crippen LogP contribution is -2.14. The van der Waals surface area contributed by atoms with E-state index in [1.165, 1.54) is 48.6 Å². The number of fused-ring (bicyclic) bond motifs is 1. The Hall–Kier alpha value is -1.48. The third kappa shape index (κ3) is 5.51. The molecule has 0 atom stereocenters. The van der Waals surface area contributed by atoms with Crippen LogP contribution in [-0.4, -0.2) is 11.1 Å². The predicted octanol–water partition coefficient (Wildman–Crippen LogP) is 7.06. The highest BCUT2D eigenvalue weighted by atomic mass is 35.5. The lowest BCUT2D eigenvalue weighted by molar-refractivity contribution is 0.584. The van der Waals surface area contributed by atoms with Gasteiger partial charge in [-0.25, -0.2) is 0 Å². The van der Waals surface area contributed by atoms with Gasteiger partial charge in [0, 0.05) is 40.2 Å². The number of halogens is 2. The highest BCUT2D eigenvalue weighted by molar-refractivity contribution is 6.35. The van der Waals surface area contributed by atoms with Gasteiger partial charge < -0.3 is 9.88 Å². The van der Waals surface area contributed by atoms with Crippen LogP contribution in [0.5, 0.6) is 0 Å². The SMILES string of the molecule is CCCCCCCNCc1cn(Cc2ccc(Cl)cc2Cl)c2ccccc12. The molecule has 0 aliphatic carbocycles. The van der Waals surface area contributed by atoms with Gasteiger partial charge in [-0.3, -0.25) is 0 Å². The second-order valence-electron chi connectivity index (χ2n) is 7.13. The van der Waals surface area contributed by atoms with Crippen LogP contribution in [0.1, 0.15) is 50.2 Å². The van der Waals surface area contributed by atoms with Crippen molar-refractivity contribution in [3.05, 3.63) is 69.8 Å². The van der Waals surface area contributed by atoms with Crippen molar-refractivity contribution >= 4 is 34.1 Å². The largest absolute Gasteiger partial charge is 0.343 e. The summed E-state index contributed by atoms with van der Waals surface area (Å²) >= 11 is 12.4. The summed E-state index contributed by atoms with van der Waals surface area (Å²) in [7, 11) is 0. The molecule has 1 aromatic heterocycles. The molecule has 2 nitrogen and oxygen atoms in total. The first-order chi connectivity index (χ1) is 13.2. The number of benzene rings is 2. The van der Waals surface area contributed by atoms with Gasteiger partial charge in [0.25, 0.3) is 0 Å². The van der Waals surface area contributed by atoms with Crippen molar-refractivity contribution in [3.8, 4) is 0 Å². The van der Waals surface area contributed by atoms with E-state index in [2.05, 4.69) is 47.3 Å². The van der Waals surface area contributed by atoms with E-state index in [-0.39, 0.29) is 0 Å². The van der Waals surface area contributed by atoms with Crippen LogP contribution in [0, 0.1) is 0 Å². The van der Waals surface area contributed by atoms with E-state index in [1.807, 2.05) is 18.2 Å². The monoisotopic (exact) mass is 402 g/mol. The second-order valence-corrected chi connectivity index (χ2v) is 7.97. The van der Waals surface area contributed by atoms with Crippen molar-refractivity contribution in [2.75, 3.05) is 6.54 Å². The van der Waals surface area contributed by atoms with Crippen LogP contribution in [0.25, 0.3) is 10.9 Å². The molecule has 0 amide bonds. The molecule has 2 aromatic carbocycles. The zero-order valence-corrected chi connectivity index (χ0v) is 17.5. The Labute approximate surface area is 172 Å². The van der Waals surface area contributed by atoms with E-state index >= 15 is 0 Å². The molecule has 0 spiro atoms. The maximum atomic E-state index is 6.38. The van der Waals surface area contributed by atoms with Crippen LogP contribution in [-0.2, 0) is 13.1 Å². The topological polar surface area (TPSA) is 17.0 Å². The maximum absolute atomic E-state index is 6.38. The molecule has 0 saturated carbocycles. The molecule has 0 radical (unpaired) electrons. The molecule has 144 valence electrons. The molecule has 3 aromatic rings. The number of nitrogens with zero attached hydrogens (tertiary/aromatic N) is 1.